The maximum absolute atomic E-state index is 11.5. The van der Waals surface area contributed by atoms with Gasteiger partial charge in [-0.2, -0.15) is 0 Å². The molecule has 0 aromatic heterocycles. The summed E-state index contributed by atoms with van der Waals surface area (Å²) < 4.78 is 0. The average Bonchev–Trinajstić information content (AvgIpc) is 2.27. The zero-order chi connectivity index (χ0) is 11.8. The number of likely N-dealkylation sites (N-methyl/N-ethyl adjacent to an activating group) is 1. The van der Waals surface area contributed by atoms with Crippen molar-refractivity contribution >= 4 is 5.91 Å². The Balaban J connectivity index is 2.00. The van der Waals surface area contributed by atoms with E-state index in [1.807, 2.05) is 14.1 Å². The second kappa shape index (κ2) is 7.63. The molecule has 0 aliphatic carbocycles. The molecule has 0 spiro atoms. The Morgan fingerprint density at radius 2 is 2.06 bits per heavy atom. The minimum absolute atomic E-state index is 0.209. The highest BCUT2D eigenvalue weighted by molar-refractivity contribution is 5.75. The smallest absolute Gasteiger partial charge is 0.220 e. The number of carbonyl (C=O) groups excluding carboxylic acids is 1. The summed E-state index contributed by atoms with van der Waals surface area (Å²) in [5, 5.41) is 6.30. The highest BCUT2D eigenvalue weighted by atomic mass is 16.1. The van der Waals surface area contributed by atoms with Crippen LogP contribution in [-0.4, -0.2) is 51.1 Å². The molecule has 0 atom stereocenters. The lowest BCUT2D eigenvalue weighted by Crippen LogP contribution is -2.32. The first-order valence-corrected chi connectivity index (χ1v) is 6.30. The van der Waals surface area contributed by atoms with E-state index in [1.165, 1.54) is 12.8 Å². The van der Waals surface area contributed by atoms with Gasteiger partial charge in [0.2, 0.25) is 5.91 Å². The molecule has 4 heteroatoms. The molecule has 2 N–H and O–H groups in total. The van der Waals surface area contributed by atoms with Crippen molar-refractivity contribution in [3.8, 4) is 0 Å². The van der Waals surface area contributed by atoms with Crippen molar-refractivity contribution in [3.63, 3.8) is 0 Å². The van der Waals surface area contributed by atoms with Gasteiger partial charge in [0.05, 0.1) is 0 Å². The van der Waals surface area contributed by atoms with Crippen LogP contribution in [0.5, 0.6) is 0 Å². The summed E-state index contributed by atoms with van der Waals surface area (Å²) in [5.41, 5.74) is 0. The molecular formula is C12H25N3O. The van der Waals surface area contributed by atoms with E-state index in [2.05, 4.69) is 15.5 Å². The van der Waals surface area contributed by atoms with E-state index in [-0.39, 0.29) is 5.91 Å². The fraction of sp³-hybridized carbons (Fsp3) is 0.917. The SMILES string of the molecule is CN(C)CCNC(=O)CCC1CCNCC1. The van der Waals surface area contributed by atoms with Crippen LogP contribution < -0.4 is 10.6 Å². The number of rotatable bonds is 6. The van der Waals surface area contributed by atoms with Gasteiger partial charge in [-0.1, -0.05) is 0 Å². The Morgan fingerprint density at radius 3 is 2.69 bits per heavy atom. The van der Waals surface area contributed by atoms with Crippen LogP contribution in [0.3, 0.4) is 0 Å². The third-order valence-corrected chi connectivity index (χ3v) is 3.12. The van der Waals surface area contributed by atoms with Gasteiger partial charge in [0, 0.05) is 19.5 Å². The van der Waals surface area contributed by atoms with Gasteiger partial charge in [-0.3, -0.25) is 4.79 Å². The average molecular weight is 227 g/mol. The monoisotopic (exact) mass is 227 g/mol. The van der Waals surface area contributed by atoms with Crippen molar-refractivity contribution in [2.75, 3.05) is 40.3 Å². The fourth-order valence-corrected chi connectivity index (χ4v) is 2.01. The zero-order valence-corrected chi connectivity index (χ0v) is 10.6. The number of nitrogens with zero attached hydrogens (tertiary/aromatic N) is 1. The van der Waals surface area contributed by atoms with Gasteiger partial charge in [-0.05, 0) is 52.4 Å². The van der Waals surface area contributed by atoms with Crippen molar-refractivity contribution in [3.05, 3.63) is 0 Å². The Kier molecular flexibility index (Phi) is 6.42. The lowest BCUT2D eigenvalue weighted by Gasteiger charge is -2.22. The fourth-order valence-electron chi connectivity index (χ4n) is 2.01. The van der Waals surface area contributed by atoms with Crippen molar-refractivity contribution in [1.29, 1.82) is 0 Å². The van der Waals surface area contributed by atoms with Gasteiger partial charge in [-0.15, -0.1) is 0 Å². The number of carbonyl (C=O) groups is 1. The van der Waals surface area contributed by atoms with Crippen LogP contribution in [0.25, 0.3) is 0 Å². The van der Waals surface area contributed by atoms with Crippen molar-refractivity contribution in [2.45, 2.75) is 25.7 Å². The summed E-state index contributed by atoms with van der Waals surface area (Å²) in [6, 6.07) is 0. The van der Waals surface area contributed by atoms with Gasteiger partial charge in [0.15, 0.2) is 0 Å². The molecule has 1 amide bonds. The molecule has 16 heavy (non-hydrogen) atoms. The van der Waals surface area contributed by atoms with E-state index < -0.39 is 0 Å². The van der Waals surface area contributed by atoms with Crippen LogP contribution >= 0.6 is 0 Å². The molecule has 94 valence electrons. The van der Waals surface area contributed by atoms with E-state index in [1.54, 1.807) is 0 Å². The van der Waals surface area contributed by atoms with E-state index in [4.69, 9.17) is 0 Å². The summed E-state index contributed by atoms with van der Waals surface area (Å²) in [7, 11) is 4.03. The quantitative estimate of drug-likeness (QED) is 0.692. The molecule has 0 saturated carbocycles. The van der Waals surface area contributed by atoms with Gasteiger partial charge in [0.1, 0.15) is 0 Å². The normalized spacial score (nSPS) is 17.7. The van der Waals surface area contributed by atoms with Crippen molar-refractivity contribution in [2.24, 2.45) is 5.92 Å². The molecule has 1 saturated heterocycles. The van der Waals surface area contributed by atoms with Gasteiger partial charge >= 0.3 is 0 Å². The molecule has 0 aromatic carbocycles. The van der Waals surface area contributed by atoms with Gasteiger partial charge in [-0.25, -0.2) is 0 Å². The molecule has 1 heterocycles. The van der Waals surface area contributed by atoms with Gasteiger partial charge in [0.25, 0.3) is 0 Å². The van der Waals surface area contributed by atoms with Crippen molar-refractivity contribution in [1.82, 2.24) is 15.5 Å². The second-order valence-electron chi connectivity index (χ2n) is 4.89. The molecule has 0 aromatic rings. The minimum atomic E-state index is 0.209. The first-order valence-electron chi connectivity index (χ1n) is 6.30. The highest BCUT2D eigenvalue weighted by Crippen LogP contribution is 2.17. The molecule has 4 nitrogen and oxygen atoms in total. The number of hydrogen-bond acceptors (Lipinski definition) is 3. The van der Waals surface area contributed by atoms with E-state index in [0.29, 0.717) is 6.42 Å². The number of nitrogens with one attached hydrogen (secondary N) is 2. The number of piperidine rings is 1. The molecule has 0 unspecified atom stereocenters. The van der Waals surface area contributed by atoms with Gasteiger partial charge < -0.3 is 15.5 Å². The van der Waals surface area contributed by atoms with Crippen LogP contribution in [0.1, 0.15) is 25.7 Å². The summed E-state index contributed by atoms with van der Waals surface area (Å²) in [5.74, 6) is 0.959. The van der Waals surface area contributed by atoms with Crippen LogP contribution in [0.15, 0.2) is 0 Å². The van der Waals surface area contributed by atoms with Crippen LogP contribution in [0.2, 0.25) is 0 Å². The standard InChI is InChI=1S/C12H25N3O/c1-15(2)10-9-14-12(16)4-3-11-5-7-13-8-6-11/h11,13H,3-10H2,1-2H3,(H,14,16). The van der Waals surface area contributed by atoms with Crippen LogP contribution in [0, 0.1) is 5.92 Å². The third kappa shape index (κ3) is 6.08. The van der Waals surface area contributed by atoms with E-state index in [0.717, 1.165) is 38.5 Å². The predicted molar refractivity (Wildman–Crippen MR) is 66.4 cm³/mol. The van der Waals surface area contributed by atoms with Crippen LogP contribution in [-0.2, 0) is 4.79 Å². The number of hydrogen-bond donors (Lipinski definition) is 2. The lowest BCUT2D eigenvalue weighted by atomic mass is 9.93. The van der Waals surface area contributed by atoms with Crippen molar-refractivity contribution < 1.29 is 4.79 Å². The lowest BCUT2D eigenvalue weighted by molar-refractivity contribution is -0.121. The molecule has 1 aliphatic heterocycles. The Hall–Kier alpha value is -0.610. The summed E-state index contributed by atoms with van der Waals surface area (Å²) >= 11 is 0. The molecular weight excluding hydrogens is 202 g/mol. The number of amides is 1. The Labute approximate surface area is 98.8 Å². The Morgan fingerprint density at radius 1 is 1.38 bits per heavy atom. The summed E-state index contributed by atoms with van der Waals surface area (Å²) in [6.45, 7) is 3.91. The topological polar surface area (TPSA) is 44.4 Å². The molecule has 0 bridgehead atoms. The first-order chi connectivity index (χ1) is 7.68. The summed E-state index contributed by atoms with van der Waals surface area (Å²) in [6.07, 6.45) is 4.20. The molecule has 1 aliphatic rings. The van der Waals surface area contributed by atoms with Crippen LogP contribution in [0.4, 0.5) is 0 Å². The highest BCUT2D eigenvalue weighted by Gasteiger charge is 2.14. The second-order valence-corrected chi connectivity index (χ2v) is 4.89. The molecule has 1 fully saturated rings. The summed E-state index contributed by atoms with van der Waals surface area (Å²) in [4.78, 5) is 13.6. The zero-order valence-electron chi connectivity index (χ0n) is 10.6. The van der Waals surface area contributed by atoms with E-state index in [9.17, 15) is 4.79 Å². The predicted octanol–water partition coefficient (Wildman–Crippen LogP) is 0.444. The maximum Gasteiger partial charge on any atom is 0.220 e. The molecule has 1 rings (SSSR count). The third-order valence-electron chi connectivity index (χ3n) is 3.12. The maximum atomic E-state index is 11.5. The Bertz CT molecular complexity index is 200. The first kappa shape index (κ1) is 13.5. The van der Waals surface area contributed by atoms with E-state index >= 15 is 0 Å². The molecule has 0 radical (unpaired) electrons. The largest absolute Gasteiger partial charge is 0.355 e. The minimum Gasteiger partial charge on any atom is -0.355 e.